The van der Waals surface area contributed by atoms with E-state index in [4.69, 9.17) is 16.3 Å². The van der Waals surface area contributed by atoms with Crippen molar-refractivity contribution in [1.82, 2.24) is 0 Å². The summed E-state index contributed by atoms with van der Waals surface area (Å²) in [5.74, 6) is 0.791. The van der Waals surface area contributed by atoms with E-state index in [0.29, 0.717) is 27.3 Å². The molecule has 0 aliphatic carbocycles. The molecule has 0 saturated carbocycles. The Hall–Kier alpha value is -3.89. The van der Waals surface area contributed by atoms with Crippen molar-refractivity contribution in [1.29, 1.82) is 0 Å². The van der Waals surface area contributed by atoms with E-state index in [2.05, 4.69) is 0 Å². The van der Waals surface area contributed by atoms with Crippen LogP contribution in [0.5, 0.6) is 5.75 Å². The molecule has 0 heterocycles. The van der Waals surface area contributed by atoms with Gasteiger partial charge >= 0.3 is 0 Å². The van der Waals surface area contributed by atoms with E-state index in [1.807, 2.05) is 61.5 Å². The lowest BCUT2D eigenvalue weighted by Gasteiger charge is -2.12. The minimum Gasteiger partial charge on any atom is -0.497 e. The zero-order valence-corrected chi connectivity index (χ0v) is 20.1. The summed E-state index contributed by atoms with van der Waals surface area (Å²) in [5.41, 5.74) is 3.78. The van der Waals surface area contributed by atoms with Gasteiger partial charge in [0.1, 0.15) is 5.75 Å². The zero-order valence-electron chi connectivity index (χ0n) is 19.4. The van der Waals surface area contributed by atoms with E-state index in [1.54, 1.807) is 67.8 Å². The van der Waals surface area contributed by atoms with Gasteiger partial charge in [-0.25, -0.2) is 0 Å². The fourth-order valence-corrected chi connectivity index (χ4v) is 3.30. The van der Waals surface area contributed by atoms with Gasteiger partial charge in [-0.3, -0.25) is 9.59 Å². The first-order chi connectivity index (χ1) is 16.4. The molecule has 0 N–H and O–H groups in total. The summed E-state index contributed by atoms with van der Waals surface area (Å²) in [6.45, 7) is 0. The number of hydrogen-bond donors (Lipinski definition) is 0. The van der Waals surface area contributed by atoms with Gasteiger partial charge in [0.2, 0.25) is 0 Å². The van der Waals surface area contributed by atoms with Crippen LogP contribution in [0.15, 0.2) is 103 Å². The Kier molecular flexibility index (Phi) is 8.60. The van der Waals surface area contributed by atoms with E-state index < -0.39 is 0 Å². The number of methoxy groups -OCH3 is 1. The minimum atomic E-state index is 0.0206. The lowest BCUT2D eigenvalue weighted by atomic mass is 10.0. The summed E-state index contributed by atoms with van der Waals surface area (Å²) in [7, 11) is 5.55. The Morgan fingerprint density at radius 1 is 0.618 bits per heavy atom. The summed E-state index contributed by atoms with van der Waals surface area (Å²) in [6.07, 6.45) is 0. The molecule has 0 bridgehead atoms. The average Bonchev–Trinajstić information content (AvgIpc) is 2.89. The molecule has 4 aromatic rings. The zero-order chi connectivity index (χ0) is 24.5. The second kappa shape index (κ2) is 11.8. The third kappa shape index (κ3) is 6.56. The average molecular weight is 472 g/mol. The molecule has 5 heteroatoms. The molecule has 172 valence electrons. The standard InChI is InChI=1S/C16H17NO2.C13H9ClO/c1-17(2)14-8-4-12(5-9-14)16(18)13-6-10-15(19-3)11-7-13;14-12-8-6-11(7-9-12)13(15)10-4-2-1-3-5-10/h4-11H,1-3H3;1-9H. The normalized spacial score (nSPS) is 10.0. The topological polar surface area (TPSA) is 46.6 Å². The summed E-state index contributed by atoms with van der Waals surface area (Å²) < 4.78 is 5.08. The van der Waals surface area contributed by atoms with Gasteiger partial charge in [0.15, 0.2) is 11.6 Å². The maximum Gasteiger partial charge on any atom is 0.193 e. The molecule has 4 nitrogen and oxygen atoms in total. The molecule has 0 aromatic heterocycles. The highest BCUT2D eigenvalue weighted by Gasteiger charge is 2.09. The maximum absolute atomic E-state index is 12.3. The first-order valence-electron chi connectivity index (χ1n) is 10.7. The number of halogens is 1. The number of ketones is 2. The molecule has 0 amide bonds. The molecule has 0 fully saturated rings. The van der Waals surface area contributed by atoms with Crippen LogP contribution in [0.25, 0.3) is 0 Å². The van der Waals surface area contributed by atoms with Crippen LogP contribution >= 0.6 is 11.6 Å². The number of ether oxygens (including phenoxy) is 1. The van der Waals surface area contributed by atoms with Crippen molar-refractivity contribution < 1.29 is 14.3 Å². The van der Waals surface area contributed by atoms with Crippen molar-refractivity contribution in [3.63, 3.8) is 0 Å². The van der Waals surface area contributed by atoms with Crippen LogP contribution in [0.3, 0.4) is 0 Å². The molecule has 34 heavy (non-hydrogen) atoms. The van der Waals surface area contributed by atoms with Crippen molar-refractivity contribution in [2.75, 3.05) is 26.1 Å². The molecule has 0 spiro atoms. The predicted octanol–water partition coefficient (Wildman–Crippen LogP) is 6.56. The molecule has 0 unspecified atom stereocenters. The lowest BCUT2D eigenvalue weighted by Crippen LogP contribution is -2.09. The molecule has 0 aliphatic rings. The van der Waals surface area contributed by atoms with Crippen LogP contribution in [0.2, 0.25) is 5.02 Å². The maximum atomic E-state index is 12.3. The van der Waals surface area contributed by atoms with Gasteiger partial charge < -0.3 is 9.64 Å². The third-order valence-electron chi connectivity index (χ3n) is 5.14. The van der Waals surface area contributed by atoms with Crippen LogP contribution in [0.1, 0.15) is 31.8 Å². The Morgan fingerprint density at radius 2 is 1.03 bits per heavy atom. The lowest BCUT2D eigenvalue weighted by molar-refractivity contribution is 0.103. The predicted molar refractivity (Wildman–Crippen MR) is 139 cm³/mol. The summed E-state index contributed by atoms with van der Waals surface area (Å²) >= 11 is 5.75. The summed E-state index contributed by atoms with van der Waals surface area (Å²) in [5, 5.41) is 0.639. The van der Waals surface area contributed by atoms with Crippen molar-refractivity contribution in [3.05, 3.63) is 130 Å². The smallest absolute Gasteiger partial charge is 0.193 e. The van der Waals surface area contributed by atoms with Crippen LogP contribution < -0.4 is 9.64 Å². The Balaban J connectivity index is 0.000000196. The molecule has 0 aliphatic heterocycles. The molecule has 0 atom stereocenters. The summed E-state index contributed by atoms with van der Waals surface area (Å²) in [4.78, 5) is 26.2. The Morgan fingerprint density at radius 3 is 1.47 bits per heavy atom. The first-order valence-corrected chi connectivity index (χ1v) is 11.1. The highest BCUT2D eigenvalue weighted by atomic mass is 35.5. The van der Waals surface area contributed by atoms with E-state index in [1.165, 1.54) is 0 Å². The fourth-order valence-electron chi connectivity index (χ4n) is 3.18. The number of carbonyl (C=O) groups is 2. The van der Waals surface area contributed by atoms with E-state index >= 15 is 0 Å². The quantitative estimate of drug-likeness (QED) is 0.298. The molecular formula is C29H26ClNO3. The molecule has 0 radical (unpaired) electrons. The Labute approximate surface area is 205 Å². The van der Waals surface area contributed by atoms with Crippen molar-refractivity contribution in [2.24, 2.45) is 0 Å². The second-order valence-electron chi connectivity index (χ2n) is 7.70. The van der Waals surface area contributed by atoms with E-state index in [0.717, 1.165) is 11.4 Å². The molecule has 0 saturated heterocycles. The van der Waals surface area contributed by atoms with E-state index in [-0.39, 0.29) is 11.6 Å². The SMILES string of the molecule is COc1ccc(C(=O)c2ccc(N(C)C)cc2)cc1.O=C(c1ccccc1)c1ccc(Cl)cc1. The van der Waals surface area contributed by atoms with Gasteiger partial charge in [-0.05, 0) is 72.8 Å². The fraction of sp³-hybridized carbons (Fsp3) is 0.103. The van der Waals surface area contributed by atoms with E-state index in [9.17, 15) is 9.59 Å². The van der Waals surface area contributed by atoms with Crippen LogP contribution in [-0.2, 0) is 0 Å². The van der Waals surface area contributed by atoms with Gasteiger partial charge in [0.05, 0.1) is 7.11 Å². The largest absolute Gasteiger partial charge is 0.497 e. The Bertz CT molecular complexity index is 1220. The highest BCUT2D eigenvalue weighted by molar-refractivity contribution is 6.30. The van der Waals surface area contributed by atoms with Gasteiger partial charge in [-0.15, -0.1) is 0 Å². The first kappa shape index (κ1) is 24.7. The van der Waals surface area contributed by atoms with Crippen molar-refractivity contribution in [3.8, 4) is 5.75 Å². The van der Waals surface area contributed by atoms with Gasteiger partial charge in [0.25, 0.3) is 0 Å². The second-order valence-corrected chi connectivity index (χ2v) is 8.14. The number of benzene rings is 4. The minimum absolute atomic E-state index is 0.0206. The number of nitrogens with zero attached hydrogens (tertiary/aromatic N) is 1. The number of carbonyl (C=O) groups excluding carboxylic acids is 2. The molecule has 4 rings (SSSR count). The molecule has 4 aromatic carbocycles. The number of hydrogen-bond acceptors (Lipinski definition) is 4. The van der Waals surface area contributed by atoms with Crippen LogP contribution in [0, 0.1) is 0 Å². The third-order valence-corrected chi connectivity index (χ3v) is 5.39. The van der Waals surface area contributed by atoms with Crippen LogP contribution in [-0.4, -0.2) is 32.8 Å². The highest BCUT2D eigenvalue weighted by Crippen LogP contribution is 2.18. The van der Waals surface area contributed by atoms with Gasteiger partial charge in [-0.2, -0.15) is 0 Å². The van der Waals surface area contributed by atoms with Gasteiger partial charge in [0, 0.05) is 47.1 Å². The van der Waals surface area contributed by atoms with Crippen molar-refractivity contribution >= 4 is 28.9 Å². The number of anilines is 1. The van der Waals surface area contributed by atoms with Crippen molar-refractivity contribution in [2.45, 2.75) is 0 Å². The van der Waals surface area contributed by atoms with Crippen LogP contribution in [0.4, 0.5) is 5.69 Å². The molecular weight excluding hydrogens is 446 g/mol. The van der Waals surface area contributed by atoms with Gasteiger partial charge in [-0.1, -0.05) is 41.9 Å². The summed E-state index contributed by atoms with van der Waals surface area (Å²) in [6, 6.07) is 30.8. The number of rotatable bonds is 6. The monoisotopic (exact) mass is 471 g/mol.